The molecule has 0 aromatic heterocycles. The summed E-state index contributed by atoms with van der Waals surface area (Å²) >= 11 is 0. The van der Waals surface area contributed by atoms with E-state index in [4.69, 9.17) is 4.74 Å². The van der Waals surface area contributed by atoms with Crippen molar-refractivity contribution >= 4 is 10.0 Å². The SMILES string of the molecule is CN(C)[C@@H]1CC[C@@H](NS(=O)(=O)c2ccc(OCC(F)F)cc2)C1. The molecule has 23 heavy (non-hydrogen) atoms. The molecule has 0 spiro atoms. The predicted molar refractivity (Wildman–Crippen MR) is 83.4 cm³/mol. The Morgan fingerprint density at radius 1 is 1.26 bits per heavy atom. The molecule has 1 aromatic rings. The first-order valence-corrected chi connectivity index (χ1v) is 8.96. The van der Waals surface area contributed by atoms with Crippen LogP contribution in [0.15, 0.2) is 29.2 Å². The molecule has 0 saturated heterocycles. The Kier molecular flexibility index (Phi) is 5.94. The summed E-state index contributed by atoms with van der Waals surface area (Å²) in [7, 11) is 0.358. The lowest BCUT2D eigenvalue weighted by Crippen LogP contribution is -2.34. The Hall–Kier alpha value is -1.25. The van der Waals surface area contributed by atoms with Gasteiger partial charge in [0.2, 0.25) is 10.0 Å². The molecule has 0 heterocycles. The number of nitrogens with one attached hydrogen (secondary N) is 1. The van der Waals surface area contributed by atoms with E-state index < -0.39 is 23.1 Å². The normalized spacial score (nSPS) is 22.0. The molecule has 2 atom stereocenters. The zero-order valence-electron chi connectivity index (χ0n) is 13.2. The van der Waals surface area contributed by atoms with Gasteiger partial charge in [0.1, 0.15) is 12.4 Å². The van der Waals surface area contributed by atoms with Gasteiger partial charge in [0, 0.05) is 12.1 Å². The van der Waals surface area contributed by atoms with Gasteiger partial charge < -0.3 is 9.64 Å². The minimum absolute atomic E-state index is 0.0813. The van der Waals surface area contributed by atoms with Crippen molar-refractivity contribution in [3.05, 3.63) is 24.3 Å². The van der Waals surface area contributed by atoms with E-state index in [9.17, 15) is 17.2 Å². The molecule has 0 bridgehead atoms. The van der Waals surface area contributed by atoms with Crippen molar-refractivity contribution in [2.24, 2.45) is 0 Å². The second kappa shape index (κ2) is 7.55. The molecule has 1 aliphatic rings. The molecule has 8 heteroatoms. The van der Waals surface area contributed by atoms with Crippen LogP contribution in [0.5, 0.6) is 5.75 Å². The van der Waals surface area contributed by atoms with Gasteiger partial charge >= 0.3 is 0 Å². The molecule has 0 radical (unpaired) electrons. The van der Waals surface area contributed by atoms with Gasteiger partial charge in [0.25, 0.3) is 6.43 Å². The summed E-state index contributed by atoms with van der Waals surface area (Å²) in [5.41, 5.74) is 0. The molecule has 1 saturated carbocycles. The van der Waals surface area contributed by atoms with Crippen LogP contribution in [0, 0.1) is 0 Å². The largest absolute Gasteiger partial charge is 0.488 e. The molecule has 1 N–H and O–H groups in total. The lowest BCUT2D eigenvalue weighted by atomic mass is 10.2. The van der Waals surface area contributed by atoms with Gasteiger partial charge in [-0.05, 0) is 57.6 Å². The lowest BCUT2D eigenvalue weighted by molar-refractivity contribution is 0.0819. The number of rotatable bonds is 7. The van der Waals surface area contributed by atoms with Crippen LogP contribution >= 0.6 is 0 Å². The molecule has 1 aliphatic carbocycles. The van der Waals surface area contributed by atoms with E-state index in [-0.39, 0.29) is 16.7 Å². The van der Waals surface area contributed by atoms with Crippen molar-refractivity contribution in [3.8, 4) is 5.75 Å². The number of ether oxygens (including phenoxy) is 1. The Bertz CT molecular complexity index is 606. The fourth-order valence-corrected chi connectivity index (χ4v) is 3.98. The van der Waals surface area contributed by atoms with Crippen LogP contribution in [0.2, 0.25) is 0 Å². The van der Waals surface area contributed by atoms with E-state index >= 15 is 0 Å². The average molecular weight is 348 g/mol. The van der Waals surface area contributed by atoms with Gasteiger partial charge in [-0.3, -0.25) is 0 Å². The van der Waals surface area contributed by atoms with E-state index in [2.05, 4.69) is 9.62 Å². The van der Waals surface area contributed by atoms with E-state index in [0.29, 0.717) is 6.04 Å². The predicted octanol–water partition coefficient (Wildman–Crippen LogP) is 2.09. The van der Waals surface area contributed by atoms with E-state index in [1.54, 1.807) is 0 Å². The van der Waals surface area contributed by atoms with Gasteiger partial charge in [0.05, 0.1) is 4.90 Å². The van der Waals surface area contributed by atoms with Gasteiger partial charge in [0.15, 0.2) is 0 Å². The monoisotopic (exact) mass is 348 g/mol. The summed E-state index contributed by atoms with van der Waals surface area (Å²) in [6, 6.07) is 5.79. The van der Waals surface area contributed by atoms with Crippen LogP contribution in [-0.2, 0) is 10.0 Å². The zero-order chi connectivity index (χ0) is 17.0. The molecule has 0 unspecified atom stereocenters. The quantitative estimate of drug-likeness (QED) is 0.820. The van der Waals surface area contributed by atoms with Gasteiger partial charge in [-0.2, -0.15) is 0 Å². The van der Waals surface area contributed by atoms with Crippen molar-refractivity contribution in [2.45, 2.75) is 42.7 Å². The van der Waals surface area contributed by atoms with Crippen LogP contribution in [0.1, 0.15) is 19.3 Å². The second-order valence-electron chi connectivity index (χ2n) is 5.92. The van der Waals surface area contributed by atoms with E-state index in [1.165, 1.54) is 24.3 Å². The molecular formula is C15H22F2N2O3S. The van der Waals surface area contributed by atoms with Crippen LogP contribution < -0.4 is 9.46 Å². The maximum absolute atomic E-state index is 12.4. The van der Waals surface area contributed by atoms with Crippen LogP contribution in [0.3, 0.4) is 0 Å². The van der Waals surface area contributed by atoms with Crippen LogP contribution in [-0.4, -0.2) is 52.5 Å². The fourth-order valence-electron chi connectivity index (χ4n) is 2.70. The third-order valence-corrected chi connectivity index (χ3v) is 5.50. The van der Waals surface area contributed by atoms with E-state index in [0.717, 1.165) is 19.3 Å². The summed E-state index contributed by atoms with van der Waals surface area (Å²) in [5.74, 6) is 0.220. The highest BCUT2D eigenvalue weighted by atomic mass is 32.2. The summed E-state index contributed by atoms with van der Waals surface area (Å²) in [6.07, 6.45) is -0.0212. The van der Waals surface area contributed by atoms with E-state index in [1.807, 2.05) is 14.1 Å². The molecule has 5 nitrogen and oxygen atoms in total. The molecule has 130 valence electrons. The van der Waals surface area contributed by atoms with Crippen molar-refractivity contribution in [1.29, 1.82) is 0 Å². The van der Waals surface area contributed by atoms with Crippen molar-refractivity contribution in [2.75, 3.05) is 20.7 Å². The number of halogens is 2. The number of nitrogens with zero attached hydrogens (tertiary/aromatic N) is 1. The maximum Gasteiger partial charge on any atom is 0.272 e. The molecule has 0 amide bonds. The first-order chi connectivity index (χ1) is 10.8. The number of hydrogen-bond donors (Lipinski definition) is 1. The summed E-state index contributed by atoms with van der Waals surface area (Å²) in [6.45, 7) is -0.710. The maximum atomic E-state index is 12.4. The zero-order valence-corrected chi connectivity index (χ0v) is 14.0. The highest BCUT2D eigenvalue weighted by Gasteiger charge is 2.29. The Morgan fingerprint density at radius 2 is 1.91 bits per heavy atom. The third kappa shape index (κ3) is 5.12. The summed E-state index contributed by atoms with van der Waals surface area (Å²) in [4.78, 5) is 2.21. The smallest absolute Gasteiger partial charge is 0.272 e. The molecular weight excluding hydrogens is 326 g/mol. The topological polar surface area (TPSA) is 58.6 Å². The van der Waals surface area contributed by atoms with Gasteiger partial charge in [-0.1, -0.05) is 0 Å². The molecule has 1 fully saturated rings. The minimum Gasteiger partial charge on any atom is -0.488 e. The summed E-state index contributed by atoms with van der Waals surface area (Å²) in [5, 5.41) is 0. The number of sulfonamides is 1. The number of alkyl halides is 2. The van der Waals surface area contributed by atoms with Crippen LogP contribution in [0.25, 0.3) is 0 Å². The highest BCUT2D eigenvalue weighted by molar-refractivity contribution is 7.89. The molecule has 2 rings (SSSR count). The average Bonchev–Trinajstić information content (AvgIpc) is 2.93. The van der Waals surface area contributed by atoms with Crippen molar-refractivity contribution < 1.29 is 21.9 Å². The minimum atomic E-state index is -3.61. The van der Waals surface area contributed by atoms with Gasteiger partial charge in [-0.25, -0.2) is 21.9 Å². The first-order valence-electron chi connectivity index (χ1n) is 7.47. The third-order valence-electron chi connectivity index (χ3n) is 3.97. The Morgan fingerprint density at radius 3 is 2.43 bits per heavy atom. The van der Waals surface area contributed by atoms with Gasteiger partial charge in [-0.15, -0.1) is 0 Å². The second-order valence-corrected chi connectivity index (χ2v) is 7.64. The first kappa shape index (κ1) is 18.1. The standard InChI is InChI=1S/C15H22F2N2O3S/c1-19(2)12-4-3-11(9-12)18-23(20,21)14-7-5-13(6-8-14)22-10-15(16)17/h5-8,11-12,15,18H,3-4,9-10H2,1-2H3/t11-,12-/m1/s1. The fraction of sp³-hybridized carbons (Fsp3) is 0.600. The Balaban J connectivity index is 1.97. The number of benzene rings is 1. The number of hydrogen-bond acceptors (Lipinski definition) is 4. The Labute approximate surface area is 135 Å². The lowest BCUT2D eigenvalue weighted by Gasteiger charge is -2.19. The van der Waals surface area contributed by atoms with Crippen molar-refractivity contribution in [3.63, 3.8) is 0 Å². The highest BCUT2D eigenvalue weighted by Crippen LogP contribution is 2.24. The molecule has 1 aromatic carbocycles. The molecule has 0 aliphatic heterocycles. The van der Waals surface area contributed by atoms with Crippen LogP contribution in [0.4, 0.5) is 8.78 Å². The summed E-state index contributed by atoms with van der Waals surface area (Å²) < 4.78 is 56.4. The van der Waals surface area contributed by atoms with Crippen molar-refractivity contribution in [1.82, 2.24) is 9.62 Å².